The molecule has 0 unspecified atom stereocenters. The molecule has 5 aliphatic rings. The summed E-state index contributed by atoms with van der Waals surface area (Å²) in [5.41, 5.74) is 3.55. The predicted molar refractivity (Wildman–Crippen MR) is 164 cm³/mol. The van der Waals surface area contributed by atoms with Gasteiger partial charge in [-0.05, 0) is 68.7 Å². The van der Waals surface area contributed by atoms with E-state index in [0.717, 1.165) is 67.3 Å². The van der Waals surface area contributed by atoms with E-state index in [1.165, 1.54) is 0 Å². The molecular formula is C33H37F2N7O2. The normalized spacial score (nSPS) is 26.5. The molecule has 1 N–H and O–H groups in total. The third-order valence-corrected chi connectivity index (χ3v) is 10.1. The van der Waals surface area contributed by atoms with Gasteiger partial charge < -0.3 is 14.4 Å². The fraction of sp³-hybridized carbons (Fsp3) is 0.515. The van der Waals surface area contributed by atoms with Crippen molar-refractivity contribution in [2.75, 3.05) is 50.9 Å². The zero-order chi connectivity index (χ0) is 29.8. The third-order valence-electron chi connectivity index (χ3n) is 10.1. The van der Waals surface area contributed by atoms with Crippen molar-refractivity contribution in [3.05, 3.63) is 47.6 Å². The molecule has 0 radical (unpaired) electrons. The predicted octanol–water partition coefficient (Wildman–Crippen LogP) is 5.32. The minimum absolute atomic E-state index is 0.118. The molecule has 0 spiro atoms. The van der Waals surface area contributed by atoms with Gasteiger partial charge >= 0.3 is 6.01 Å². The molecule has 3 atom stereocenters. The van der Waals surface area contributed by atoms with Crippen molar-refractivity contribution in [3.8, 4) is 17.3 Å². The SMILES string of the molecule is Cc1cc2[nH]ncc2c2c1C/C=C\COC[C@@H]1CCCN(C1)c1nc(OC[C@@]34CCCN3C[C@H](F)C4)nc3c(F)c-2ncc13. The second-order valence-corrected chi connectivity index (χ2v) is 12.9. The van der Waals surface area contributed by atoms with Crippen LogP contribution in [0.4, 0.5) is 14.6 Å². The van der Waals surface area contributed by atoms with Crippen LogP contribution in [0.2, 0.25) is 0 Å². The number of aromatic amines is 1. The molecule has 3 fully saturated rings. The van der Waals surface area contributed by atoms with E-state index in [-0.39, 0.29) is 29.4 Å². The number of piperidine rings is 1. The van der Waals surface area contributed by atoms with E-state index in [1.807, 2.05) is 19.1 Å². The Morgan fingerprint density at radius 2 is 2.07 bits per heavy atom. The molecule has 9 nitrogen and oxygen atoms in total. The average Bonchev–Trinajstić information content (AvgIpc) is 3.72. The summed E-state index contributed by atoms with van der Waals surface area (Å²) in [6, 6.07) is 2.16. The van der Waals surface area contributed by atoms with E-state index in [9.17, 15) is 4.39 Å². The van der Waals surface area contributed by atoms with E-state index in [1.54, 1.807) is 12.4 Å². The van der Waals surface area contributed by atoms with Crippen molar-refractivity contribution in [1.82, 2.24) is 30.0 Å². The first-order valence-electron chi connectivity index (χ1n) is 15.8. The molecule has 8 heterocycles. The van der Waals surface area contributed by atoms with Crippen molar-refractivity contribution in [2.24, 2.45) is 5.92 Å². The second kappa shape index (κ2) is 11.0. The summed E-state index contributed by atoms with van der Waals surface area (Å²) < 4.78 is 43.8. The smallest absolute Gasteiger partial charge is 0.319 e. The number of pyridine rings is 1. The molecule has 0 amide bonds. The monoisotopic (exact) mass is 601 g/mol. The van der Waals surface area contributed by atoms with Crippen molar-refractivity contribution in [1.29, 1.82) is 0 Å². The van der Waals surface area contributed by atoms with Gasteiger partial charge in [0.25, 0.3) is 0 Å². The Bertz CT molecular complexity index is 1760. The van der Waals surface area contributed by atoms with Crippen molar-refractivity contribution in [2.45, 2.75) is 57.2 Å². The summed E-state index contributed by atoms with van der Waals surface area (Å²) in [6.45, 7) is 6.28. The molecule has 3 aromatic heterocycles. The van der Waals surface area contributed by atoms with E-state index in [2.05, 4.69) is 26.1 Å². The van der Waals surface area contributed by atoms with Gasteiger partial charge in [0.1, 0.15) is 29.8 Å². The fourth-order valence-corrected chi connectivity index (χ4v) is 7.92. The standard InChI is InChI=1S/C33H37F2N7O2/c1-20-12-26-24(15-37-40-26)27-23(20)7-2-3-11-43-18-21-6-4-9-41(16-21)31-25-14-36-30(27)28(35)29(25)38-32(39-31)44-19-33-8-5-10-42(33)17-22(34)13-33/h2-3,12,14-15,21-22H,4-11,13,16-19H2,1H3,(H,37,40)/b3-2-/t21-,22-,33+/m1/s1. The number of fused-ring (bicyclic) bond motifs is 7. The maximum Gasteiger partial charge on any atom is 0.319 e. The van der Waals surface area contributed by atoms with Gasteiger partial charge in [0.05, 0.1) is 35.9 Å². The van der Waals surface area contributed by atoms with Crippen LogP contribution < -0.4 is 9.64 Å². The van der Waals surface area contributed by atoms with E-state index in [0.29, 0.717) is 55.3 Å². The molecule has 0 aliphatic carbocycles. The van der Waals surface area contributed by atoms with Crippen LogP contribution in [-0.2, 0) is 11.2 Å². The number of nitrogens with one attached hydrogen (secondary N) is 1. The van der Waals surface area contributed by atoms with Gasteiger partial charge in [-0.15, -0.1) is 0 Å². The number of benzene rings is 1. The Morgan fingerprint density at radius 3 is 3.00 bits per heavy atom. The first-order chi connectivity index (χ1) is 21.5. The number of alkyl halides is 1. The fourth-order valence-electron chi connectivity index (χ4n) is 7.92. The highest BCUT2D eigenvalue weighted by Gasteiger charge is 2.49. The Morgan fingerprint density at radius 1 is 1.14 bits per heavy atom. The molecule has 1 aromatic carbocycles. The van der Waals surface area contributed by atoms with Crippen molar-refractivity contribution >= 4 is 27.6 Å². The number of anilines is 1. The number of hydrogen-bond acceptors (Lipinski definition) is 8. The summed E-state index contributed by atoms with van der Waals surface area (Å²) in [6.07, 6.45) is 11.6. The minimum Gasteiger partial charge on any atom is -0.461 e. The summed E-state index contributed by atoms with van der Waals surface area (Å²) >= 11 is 0. The molecule has 11 heteroatoms. The van der Waals surface area contributed by atoms with Crippen LogP contribution >= 0.6 is 0 Å². The number of ether oxygens (including phenoxy) is 2. The van der Waals surface area contributed by atoms with Gasteiger partial charge in [0, 0.05) is 43.2 Å². The first-order valence-corrected chi connectivity index (χ1v) is 15.8. The Balaban J connectivity index is 1.29. The van der Waals surface area contributed by atoms with Gasteiger partial charge in [-0.2, -0.15) is 15.1 Å². The minimum atomic E-state index is -0.865. The molecule has 0 saturated carbocycles. The third kappa shape index (κ3) is 4.72. The molecule has 5 aliphatic heterocycles. The largest absolute Gasteiger partial charge is 0.461 e. The van der Waals surface area contributed by atoms with Gasteiger partial charge in [-0.25, -0.2) is 8.78 Å². The highest BCUT2D eigenvalue weighted by atomic mass is 19.1. The summed E-state index contributed by atoms with van der Waals surface area (Å²) in [5.74, 6) is 0.427. The van der Waals surface area contributed by atoms with Crippen LogP contribution in [0.25, 0.3) is 33.1 Å². The maximum absolute atomic E-state index is 17.0. The zero-order valence-corrected chi connectivity index (χ0v) is 25.0. The number of hydrogen-bond donors (Lipinski definition) is 1. The average molecular weight is 602 g/mol. The van der Waals surface area contributed by atoms with Crippen LogP contribution in [0.3, 0.4) is 0 Å². The van der Waals surface area contributed by atoms with Crippen LogP contribution in [0.15, 0.2) is 30.6 Å². The first kappa shape index (κ1) is 27.8. The number of nitrogens with zero attached hydrogens (tertiary/aromatic N) is 6. The zero-order valence-electron chi connectivity index (χ0n) is 25.0. The Hall–Kier alpha value is -3.70. The summed E-state index contributed by atoms with van der Waals surface area (Å²) in [5, 5.41) is 8.65. The summed E-state index contributed by atoms with van der Waals surface area (Å²) in [4.78, 5) is 18.7. The lowest BCUT2D eigenvalue weighted by molar-refractivity contribution is 0.107. The van der Waals surface area contributed by atoms with E-state index < -0.39 is 12.0 Å². The molecule has 4 aromatic rings. The number of aryl methyl sites for hydroxylation is 1. The van der Waals surface area contributed by atoms with Crippen LogP contribution in [-0.4, -0.2) is 87.8 Å². The number of aromatic nitrogens is 5. The van der Waals surface area contributed by atoms with E-state index >= 15 is 4.39 Å². The van der Waals surface area contributed by atoms with Gasteiger partial charge in [0.2, 0.25) is 0 Å². The van der Waals surface area contributed by atoms with Crippen molar-refractivity contribution in [3.63, 3.8) is 0 Å². The molecular weight excluding hydrogens is 564 g/mol. The van der Waals surface area contributed by atoms with Gasteiger partial charge in [0.15, 0.2) is 5.82 Å². The Labute approximate surface area is 254 Å². The van der Waals surface area contributed by atoms with Crippen LogP contribution in [0.1, 0.15) is 43.2 Å². The molecule has 6 bridgehead atoms. The number of allylic oxidation sites excluding steroid dienone is 1. The second-order valence-electron chi connectivity index (χ2n) is 12.9. The maximum atomic E-state index is 17.0. The number of halogens is 2. The van der Waals surface area contributed by atoms with Crippen molar-refractivity contribution < 1.29 is 18.3 Å². The lowest BCUT2D eigenvalue weighted by atomic mass is 9.92. The lowest BCUT2D eigenvalue weighted by Crippen LogP contribution is -2.43. The molecule has 230 valence electrons. The summed E-state index contributed by atoms with van der Waals surface area (Å²) in [7, 11) is 0. The van der Waals surface area contributed by atoms with E-state index in [4.69, 9.17) is 24.4 Å². The highest BCUT2D eigenvalue weighted by molar-refractivity contribution is 5.99. The van der Waals surface area contributed by atoms with Crippen LogP contribution in [0.5, 0.6) is 6.01 Å². The molecule has 44 heavy (non-hydrogen) atoms. The van der Waals surface area contributed by atoms with Gasteiger partial charge in [-0.3, -0.25) is 15.0 Å². The Kier molecular flexibility index (Phi) is 6.97. The lowest BCUT2D eigenvalue weighted by Gasteiger charge is -2.34. The molecule has 3 saturated heterocycles. The van der Waals surface area contributed by atoms with Gasteiger partial charge in [-0.1, -0.05) is 12.2 Å². The highest BCUT2D eigenvalue weighted by Crippen LogP contribution is 2.42. The number of H-pyrrole nitrogens is 1. The number of rotatable bonds is 3. The molecule has 9 rings (SSSR count). The topological polar surface area (TPSA) is 92.3 Å². The quantitative estimate of drug-likeness (QED) is 0.316. The van der Waals surface area contributed by atoms with Crippen LogP contribution in [0, 0.1) is 18.7 Å².